The van der Waals surface area contributed by atoms with Gasteiger partial charge in [-0.15, -0.1) is 0 Å². The second-order valence-electron chi connectivity index (χ2n) is 6.81. The van der Waals surface area contributed by atoms with Gasteiger partial charge in [0.1, 0.15) is 30.8 Å². The van der Waals surface area contributed by atoms with Gasteiger partial charge in [0.15, 0.2) is 5.60 Å². The first kappa shape index (κ1) is 20.5. The highest BCUT2D eigenvalue weighted by Crippen LogP contribution is 2.31. The second kappa shape index (κ2) is 9.28. The smallest absolute Gasteiger partial charge is 0.336 e. The summed E-state index contributed by atoms with van der Waals surface area (Å²) in [5, 5.41) is 20.2. The van der Waals surface area contributed by atoms with Crippen LogP contribution in [0.25, 0.3) is 0 Å². The fraction of sp³-hybridized carbons (Fsp3) is 0.381. The number of carbonyl (C=O) groups is 1. The molecule has 2 atom stereocenters. The first-order valence-electron chi connectivity index (χ1n) is 9.12. The van der Waals surface area contributed by atoms with Crippen LogP contribution in [0.15, 0.2) is 48.5 Å². The van der Waals surface area contributed by atoms with E-state index in [1.807, 2.05) is 6.07 Å². The summed E-state index contributed by atoms with van der Waals surface area (Å²) in [5.41, 5.74) is -0.349. The van der Waals surface area contributed by atoms with Crippen molar-refractivity contribution in [2.75, 3.05) is 19.8 Å². The molecule has 0 aromatic heterocycles. The van der Waals surface area contributed by atoms with Gasteiger partial charge < -0.3 is 24.4 Å². The van der Waals surface area contributed by atoms with Gasteiger partial charge in [-0.3, -0.25) is 0 Å². The predicted octanol–water partition coefficient (Wildman–Crippen LogP) is 3.34. The predicted molar refractivity (Wildman–Crippen MR) is 104 cm³/mol. The largest absolute Gasteiger partial charge is 0.491 e. The number of ether oxygens (including phenoxy) is 3. The molecule has 1 saturated heterocycles. The molecule has 3 rings (SSSR count). The zero-order chi connectivity index (χ0) is 20.0. The molecule has 2 N–H and O–H groups in total. The maximum atomic E-state index is 11.6. The SMILES string of the molecule is O=C(O)C1(Cc2cccc(OC[C@H](O)COc3ccc(Cl)cc3)c2)CCCO1. The lowest BCUT2D eigenvalue weighted by atomic mass is 9.91. The fourth-order valence-corrected chi connectivity index (χ4v) is 3.25. The molecule has 150 valence electrons. The average Bonchev–Trinajstić information content (AvgIpc) is 3.16. The molecular formula is C21H23ClO6. The van der Waals surface area contributed by atoms with Gasteiger partial charge in [-0.05, 0) is 54.8 Å². The molecule has 0 radical (unpaired) electrons. The normalized spacial score (nSPS) is 19.9. The zero-order valence-electron chi connectivity index (χ0n) is 15.3. The van der Waals surface area contributed by atoms with Gasteiger partial charge >= 0.3 is 5.97 Å². The number of rotatable bonds is 9. The quantitative estimate of drug-likeness (QED) is 0.664. The van der Waals surface area contributed by atoms with Crippen LogP contribution < -0.4 is 9.47 Å². The fourth-order valence-electron chi connectivity index (χ4n) is 3.12. The van der Waals surface area contributed by atoms with E-state index in [1.54, 1.807) is 42.5 Å². The maximum Gasteiger partial charge on any atom is 0.336 e. The minimum atomic E-state index is -1.16. The summed E-state index contributed by atoms with van der Waals surface area (Å²) in [4.78, 5) is 11.6. The van der Waals surface area contributed by atoms with Gasteiger partial charge in [0.05, 0.1) is 0 Å². The van der Waals surface area contributed by atoms with Gasteiger partial charge in [-0.2, -0.15) is 0 Å². The van der Waals surface area contributed by atoms with Crippen molar-refractivity contribution < 1.29 is 29.2 Å². The highest BCUT2D eigenvalue weighted by molar-refractivity contribution is 6.30. The molecule has 1 unspecified atom stereocenters. The van der Waals surface area contributed by atoms with Gasteiger partial charge in [0.2, 0.25) is 0 Å². The van der Waals surface area contributed by atoms with Crippen molar-refractivity contribution in [1.29, 1.82) is 0 Å². The van der Waals surface area contributed by atoms with Crippen molar-refractivity contribution in [2.45, 2.75) is 31.0 Å². The van der Waals surface area contributed by atoms with Gasteiger partial charge in [0, 0.05) is 18.1 Å². The van der Waals surface area contributed by atoms with E-state index >= 15 is 0 Å². The van der Waals surface area contributed by atoms with E-state index < -0.39 is 17.7 Å². The number of hydrogen-bond donors (Lipinski definition) is 2. The van der Waals surface area contributed by atoms with E-state index in [1.165, 1.54) is 0 Å². The van der Waals surface area contributed by atoms with E-state index in [9.17, 15) is 15.0 Å². The molecule has 0 amide bonds. The van der Waals surface area contributed by atoms with Crippen LogP contribution in [0.3, 0.4) is 0 Å². The Morgan fingerprint density at radius 1 is 1.14 bits per heavy atom. The standard InChI is InChI=1S/C21H23ClO6/c22-16-5-7-18(8-6-16)26-13-17(23)14-27-19-4-1-3-15(11-19)12-21(20(24)25)9-2-10-28-21/h1,3-8,11,17,23H,2,9-10,12-14H2,(H,24,25)/t17-,21?/m1/s1. The monoisotopic (exact) mass is 406 g/mol. The van der Waals surface area contributed by atoms with E-state index in [-0.39, 0.29) is 19.6 Å². The topological polar surface area (TPSA) is 85.2 Å². The lowest BCUT2D eigenvalue weighted by molar-refractivity contribution is -0.159. The summed E-state index contributed by atoms with van der Waals surface area (Å²) in [6.45, 7) is 0.594. The van der Waals surface area contributed by atoms with Crippen molar-refractivity contribution in [3.8, 4) is 11.5 Å². The molecule has 1 fully saturated rings. The molecule has 28 heavy (non-hydrogen) atoms. The highest BCUT2D eigenvalue weighted by atomic mass is 35.5. The third-order valence-electron chi connectivity index (χ3n) is 4.58. The van der Waals surface area contributed by atoms with Crippen molar-refractivity contribution >= 4 is 17.6 Å². The molecule has 0 bridgehead atoms. The van der Waals surface area contributed by atoms with Crippen molar-refractivity contribution in [3.63, 3.8) is 0 Å². The van der Waals surface area contributed by atoms with Crippen LogP contribution in [0.4, 0.5) is 0 Å². The number of aliphatic hydroxyl groups excluding tert-OH is 1. The zero-order valence-corrected chi connectivity index (χ0v) is 16.1. The van der Waals surface area contributed by atoms with Crippen LogP contribution in [0, 0.1) is 0 Å². The summed E-state index contributed by atoms with van der Waals surface area (Å²) in [5.74, 6) is 0.230. The molecule has 0 saturated carbocycles. The summed E-state index contributed by atoms with van der Waals surface area (Å²) in [6.07, 6.45) is 0.695. The third-order valence-corrected chi connectivity index (χ3v) is 4.83. The number of benzene rings is 2. The molecule has 1 aliphatic rings. The maximum absolute atomic E-state index is 11.6. The van der Waals surface area contributed by atoms with Crippen molar-refractivity contribution in [2.24, 2.45) is 0 Å². The van der Waals surface area contributed by atoms with Crippen LogP contribution in [-0.4, -0.2) is 47.7 Å². The summed E-state index contributed by atoms with van der Waals surface area (Å²) >= 11 is 5.82. The Bertz CT molecular complexity index is 786. The molecule has 7 heteroatoms. The summed E-state index contributed by atoms with van der Waals surface area (Å²) in [7, 11) is 0. The van der Waals surface area contributed by atoms with Gasteiger partial charge in [-0.25, -0.2) is 4.79 Å². The van der Waals surface area contributed by atoms with E-state index in [0.717, 1.165) is 12.0 Å². The van der Waals surface area contributed by atoms with Gasteiger partial charge in [-0.1, -0.05) is 23.7 Å². The number of carboxylic acids is 1. The molecular weight excluding hydrogens is 384 g/mol. The van der Waals surface area contributed by atoms with Crippen LogP contribution in [0.2, 0.25) is 5.02 Å². The number of hydrogen-bond acceptors (Lipinski definition) is 5. The van der Waals surface area contributed by atoms with E-state index in [0.29, 0.717) is 29.5 Å². The lowest BCUT2D eigenvalue weighted by Gasteiger charge is -2.23. The molecule has 6 nitrogen and oxygen atoms in total. The Hall–Kier alpha value is -2.28. The Labute approximate surface area is 168 Å². The molecule has 2 aromatic rings. The third kappa shape index (κ3) is 5.38. The summed E-state index contributed by atoms with van der Waals surface area (Å²) < 4.78 is 16.6. The Morgan fingerprint density at radius 2 is 1.86 bits per heavy atom. The first-order chi connectivity index (χ1) is 13.5. The van der Waals surface area contributed by atoms with E-state index in [2.05, 4.69) is 0 Å². The van der Waals surface area contributed by atoms with Crippen LogP contribution in [-0.2, 0) is 16.0 Å². The van der Waals surface area contributed by atoms with Gasteiger partial charge in [0.25, 0.3) is 0 Å². The molecule has 0 spiro atoms. The molecule has 0 aliphatic carbocycles. The number of aliphatic hydroxyl groups is 1. The lowest BCUT2D eigenvalue weighted by Crippen LogP contribution is -2.40. The molecule has 2 aromatic carbocycles. The minimum absolute atomic E-state index is 0.0532. The number of aliphatic carboxylic acids is 1. The van der Waals surface area contributed by atoms with Crippen LogP contribution >= 0.6 is 11.6 Å². The Kier molecular flexibility index (Phi) is 6.78. The molecule has 1 heterocycles. The Morgan fingerprint density at radius 3 is 2.50 bits per heavy atom. The number of halogens is 1. The minimum Gasteiger partial charge on any atom is -0.491 e. The summed E-state index contributed by atoms with van der Waals surface area (Å²) in [6, 6.07) is 14.1. The molecule has 1 aliphatic heterocycles. The first-order valence-corrected chi connectivity index (χ1v) is 9.50. The highest BCUT2D eigenvalue weighted by Gasteiger charge is 2.42. The Balaban J connectivity index is 1.51. The second-order valence-corrected chi connectivity index (χ2v) is 7.24. The van der Waals surface area contributed by atoms with Crippen molar-refractivity contribution in [1.82, 2.24) is 0 Å². The average molecular weight is 407 g/mol. The van der Waals surface area contributed by atoms with E-state index in [4.69, 9.17) is 25.8 Å². The number of carboxylic acid groups (broad SMARTS) is 1. The van der Waals surface area contributed by atoms with Crippen LogP contribution in [0.1, 0.15) is 18.4 Å². The van der Waals surface area contributed by atoms with Crippen LogP contribution in [0.5, 0.6) is 11.5 Å². The van der Waals surface area contributed by atoms with Crippen molar-refractivity contribution in [3.05, 3.63) is 59.1 Å².